The molecule has 0 bridgehead atoms. The lowest BCUT2D eigenvalue weighted by molar-refractivity contribution is 0.307. The van der Waals surface area contributed by atoms with E-state index >= 15 is 0 Å². The Morgan fingerprint density at radius 3 is 2.58 bits per heavy atom. The third kappa shape index (κ3) is 4.24. The summed E-state index contributed by atoms with van der Waals surface area (Å²) in [4.78, 5) is 0. The zero-order chi connectivity index (χ0) is 13.7. The van der Waals surface area contributed by atoms with Gasteiger partial charge in [0.05, 0.1) is 11.1 Å². The van der Waals surface area contributed by atoms with E-state index in [4.69, 9.17) is 10.5 Å². The van der Waals surface area contributed by atoms with Crippen LogP contribution in [-0.2, 0) is 6.42 Å². The fraction of sp³-hybridized carbons (Fsp3) is 0.200. The highest BCUT2D eigenvalue weighted by molar-refractivity contribution is 9.10. The molecular formula is C15H15BrFNO. The van der Waals surface area contributed by atoms with E-state index < -0.39 is 0 Å². The first-order valence-electron chi connectivity index (χ1n) is 6.07. The molecule has 2 rings (SSSR count). The Morgan fingerprint density at radius 1 is 1.11 bits per heavy atom. The van der Waals surface area contributed by atoms with Gasteiger partial charge in [-0.2, -0.15) is 0 Å². The van der Waals surface area contributed by atoms with Crippen LogP contribution in [0.3, 0.4) is 0 Å². The van der Waals surface area contributed by atoms with Crippen molar-refractivity contribution < 1.29 is 9.13 Å². The van der Waals surface area contributed by atoms with Crippen LogP contribution in [0.5, 0.6) is 5.75 Å². The van der Waals surface area contributed by atoms with Crippen molar-refractivity contribution in [1.29, 1.82) is 0 Å². The van der Waals surface area contributed by atoms with E-state index in [2.05, 4.69) is 15.9 Å². The molecule has 0 aliphatic heterocycles. The highest BCUT2D eigenvalue weighted by atomic mass is 79.9. The van der Waals surface area contributed by atoms with Gasteiger partial charge in [0.25, 0.3) is 0 Å². The molecule has 100 valence electrons. The van der Waals surface area contributed by atoms with Gasteiger partial charge in [-0.05, 0) is 58.6 Å². The van der Waals surface area contributed by atoms with Crippen LogP contribution in [0.15, 0.2) is 46.9 Å². The number of anilines is 1. The molecule has 0 unspecified atom stereocenters. The molecule has 0 heterocycles. The molecule has 0 fully saturated rings. The fourth-order valence-electron chi connectivity index (χ4n) is 1.73. The van der Waals surface area contributed by atoms with Crippen molar-refractivity contribution in [1.82, 2.24) is 0 Å². The highest BCUT2D eigenvalue weighted by Crippen LogP contribution is 2.25. The van der Waals surface area contributed by atoms with E-state index in [0.29, 0.717) is 12.4 Å². The average molecular weight is 324 g/mol. The molecule has 0 spiro atoms. The predicted octanol–water partition coefficient (Wildman–Crippen LogP) is 4.18. The highest BCUT2D eigenvalue weighted by Gasteiger charge is 2.02. The Balaban J connectivity index is 1.80. The van der Waals surface area contributed by atoms with E-state index in [1.54, 1.807) is 6.07 Å². The predicted molar refractivity (Wildman–Crippen MR) is 78.8 cm³/mol. The number of hydrogen-bond donors (Lipinski definition) is 1. The molecule has 0 atom stereocenters. The maximum Gasteiger partial charge on any atom is 0.136 e. The number of nitrogen functional groups attached to an aromatic ring is 1. The number of hydrogen-bond acceptors (Lipinski definition) is 2. The van der Waals surface area contributed by atoms with Crippen LogP contribution in [0, 0.1) is 5.82 Å². The van der Waals surface area contributed by atoms with Crippen LogP contribution >= 0.6 is 15.9 Å². The first-order chi connectivity index (χ1) is 9.15. The molecule has 0 amide bonds. The van der Waals surface area contributed by atoms with Crippen molar-refractivity contribution in [3.63, 3.8) is 0 Å². The van der Waals surface area contributed by atoms with Gasteiger partial charge < -0.3 is 10.5 Å². The maximum absolute atomic E-state index is 13.0. The normalized spacial score (nSPS) is 10.4. The SMILES string of the molecule is Nc1ccc(CCCOc2cc(F)ccc2Br)cc1. The summed E-state index contributed by atoms with van der Waals surface area (Å²) in [5.74, 6) is 0.244. The molecule has 2 N–H and O–H groups in total. The zero-order valence-electron chi connectivity index (χ0n) is 10.4. The molecule has 0 radical (unpaired) electrons. The first kappa shape index (κ1) is 13.9. The van der Waals surface area contributed by atoms with Crippen molar-refractivity contribution >= 4 is 21.6 Å². The summed E-state index contributed by atoms with van der Waals surface area (Å²) < 4.78 is 19.4. The number of rotatable bonds is 5. The summed E-state index contributed by atoms with van der Waals surface area (Å²) in [6.45, 7) is 0.548. The van der Waals surface area contributed by atoms with Gasteiger partial charge in [0, 0.05) is 11.8 Å². The van der Waals surface area contributed by atoms with Crippen molar-refractivity contribution in [2.45, 2.75) is 12.8 Å². The third-order valence-corrected chi connectivity index (χ3v) is 3.40. The molecule has 2 aromatic rings. The lowest BCUT2D eigenvalue weighted by Crippen LogP contribution is -2.00. The topological polar surface area (TPSA) is 35.2 Å². The Bertz CT molecular complexity index is 542. The lowest BCUT2D eigenvalue weighted by Gasteiger charge is -2.08. The van der Waals surface area contributed by atoms with E-state index in [-0.39, 0.29) is 5.82 Å². The van der Waals surface area contributed by atoms with Crippen LogP contribution < -0.4 is 10.5 Å². The van der Waals surface area contributed by atoms with Crippen molar-refractivity contribution in [3.05, 3.63) is 58.3 Å². The standard InChI is InChI=1S/C15H15BrFNO/c16-14-8-5-12(17)10-15(14)19-9-1-2-11-3-6-13(18)7-4-11/h3-8,10H,1-2,9,18H2. The maximum atomic E-state index is 13.0. The Morgan fingerprint density at radius 2 is 1.84 bits per heavy atom. The van der Waals surface area contributed by atoms with E-state index in [9.17, 15) is 4.39 Å². The molecule has 0 saturated carbocycles. The summed E-state index contributed by atoms with van der Waals surface area (Å²) in [6, 6.07) is 12.2. The molecule has 19 heavy (non-hydrogen) atoms. The second kappa shape index (κ2) is 6.57. The van der Waals surface area contributed by atoms with Crippen LogP contribution in [0.4, 0.5) is 10.1 Å². The van der Waals surface area contributed by atoms with Gasteiger partial charge in [0.15, 0.2) is 0 Å². The molecule has 0 saturated heterocycles. The number of ether oxygens (including phenoxy) is 1. The minimum atomic E-state index is -0.295. The molecule has 2 aromatic carbocycles. The lowest BCUT2D eigenvalue weighted by atomic mass is 10.1. The summed E-state index contributed by atoms with van der Waals surface area (Å²) in [7, 11) is 0. The summed E-state index contributed by atoms with van der Waals surface area (Å²) in [6.07, 6.45) is 1.78. The smallest absolute Gasteiger partial charge is 0.136 e. The zero-order valence-corrected chi connectivity index (χ0v) is 12.0. The molecule has 0 aliphatic rings. The van der Waals surface area contributed by atoms with Crippen molar-refractivity contribution in [2.24, 2.45) is 0 Å². The fourth-order valence-corrected chi connectivity index (χ4v) is 2.09. The van der Waals surface area contributed by atoms with Gasteiger partial charge in [-0.3, -0.25) is 0 Å². The largest absolute Gasteiger partial charge is 0.492 e. The Hall–Kier alpha value is -1.55. The van der Waals surface area contributed by atoms with Crippen molar-refractivity contribution in [3.8, 4) is 5.75 Å². The van der Waals surface area contributed by atoms with Gasteiger partial charge in [-0.25, -0.2) is 4.39 Å². The Kier molecular flexibility index (Phi) is 4.80. The van der Waals surface area contributed by atoms with Gasteiger partial charge >= 0.3 is 0 Å². The van der Waals surface area contributed by atoms with Gasteiger partial charge in [-0.1, -0.05) is 12.1 Å². The van der Waals surface area contributed by atoms with Gasteiger partial charge in [0.1, 0.15) is 11.6 Å². The second-order valence-corrected chi connectivity index (χ2v) is 5.12. The van der Waals surface area contributed by atoms with Crippen molar-refractivity contribution in [2.75, 3.05) is 12.3 Å². The average Bonchev–Trinajstić information content (AvgIpc) is 2.40. The molecule has 4 heteroatoms. The number of nitrogens with two attached hydrogens (primary N) is 1. The number of halogens is 2. The molecular weight excluding hydrogens is 309 g/mol. The van der Waals surface area contributed by atoms with E-state index in [1.807, 2.05) is 24.3 Å². The first-order valence-corrected chi connectivity index (χ1v) is 6.87. The Labute approximate surface area is 120 Å². The molecule has 2 nitrogen and oxygen atoms in total. The summed E-state index contributed by atoms with van der Waals surface area (Å²) >= 11 is 3.33. The molecule has 0 aliphatic carbocycles. The van der Waals surface area contributed by atoms with Crippen LogP contribution in [-0.4, -0.2) is 6.61 Å². The molecule has 0 aromatic heterocycles. The van der Waals surface area contributed by atoms with E-state index in [1.165, 1.54) is 17.7 Å². The summed E-state index contributed by atoms with van der Waals surface area (Å²) in [5, 5.41) is 0. The minimum Gasteiger partial charge on any atom is -0.492 e. The van der Waals surface area contributed by atoms with Gasteiger partial charge in [0.2, 0.25) is 0 Å². The summed E-state index contributed by atoms with van der Waals surface area (Å²) in [5.41, 5.74) is 7.61. The van der Waals surface area contributed by atoms with Gasteiger partial charge in [-0.15, -0.1) is 0 Å². The van der Waals surface area contributed by atoms with Crippen LogP contribution in [0.2, 0.25) is 0 Å². The second-order valence-electron chi connectivity index (χ2n) is 4.27. The van der Waals surface area contributed by atoms with Crippen LogP contribution in [0.25, 0.3) is 0 Å². The number of benzene rings is 2. The van der Waals surface area contributed by atoms with E-state index in [0.717, 1.165) is 23.0 Å². The third-order valence-electron chi connectivity index (χ3n) is 2.74. The quantitative estimate of drug-likeness (QED) is 0.661. The van der Waals surface area contributed by atoms with Crippen LogP contribution in [0.1, 0.15) is 12.0 Å². The monoisotopic (exact) mass is 323 g/mol. The number of aryl methyl sites for hydroxylation is 1. The minimum absolute atomic E-state index is 0.295.